The number of hydrogen-bond donors (Lipinski definition) is 2. The first-order valence-electron chi connectivity index (χ1n) is 2.44. The van der Waals surface area contributed by atoms with E-state index >= 15 is 0 Å². The van der Waals surface area contributed by atoms with E-state index in [-0.39, 0.29) is 27.1 Å². The van der Waals surface area contributed by atoms with E-state index in [9.17, 15) is 9.59 Å². The van der Waals surface area contributed by atoms with Gasteiger partial charge in [0.1, 0.15) is 10.1 Å². The molecule has 2 N–H and O–H groups in total. The van der Waals surface area contributed by atoms with E-state index in [0.29, 0.717) is 0 Å². The molecule has 76 valence electrons. The van der Waals surface area contributed by atoms with Crippen molar-refractivity contribution in [2.24, 2.45) is 0 Å². The van der Waals surface area contributed by atoms with Gasteiger partial charge in [0.25, 0.3) is 0 Å². The minimum absolute atomic E-state index is 0. The van der Waals surface area contributed by atoms with Crippen molar-refractivity contribution in [2.75, 3.05) is 0 Å². The first kappa shape index (κ1) is 18.3. The molecule has 0 aliphatic heterocycles. The second-order valence-electron chi connectivity index (χ2n) is 1.42. The molecule has 4 nitrogen and oxygen atoms in total. The van der Waals surface area contributed by atoms with Gasteiger partial charge in [-0.3, -0.25) is 0 Å². The van der Waals surface area contributed by atoms with Crippen molar-refractivity contribution in [2.45, 2.75) is 0 Å². The number of carbonyl (C=O) groups is 2. The molecule has 0 aromatic carbocycles. The van der Waals surface area contributed by atoms with Gasteiger partial charge in [0.2, 0.25) is 0 Å². The quantitative estimate of drug-likeness (QED) is 0.590. The Labute approximate surface area is 95.3 Å². The third-order valence-corrected chi connectivity index (χ3v) is 0.787. The number of aliphatic carboxylic acids is 2. The van der Waals surface area contributed by atoms with Crippen molar-refractivity contribution < 1.29 is 36.9 Å². The Bertz CT molecular complexity index is 179. The van der Waals surface area contributed by atoms with Gasteiger partial charge in [-0.2, -0.15) is 0 Å². The second kappa shape index (κ2) is 9.61. The number of hydrogen-bond acceptors (Lipinski definition) is 2. The van der Waals surface area contributed by atoms with Crippen LogP contribution in [-0.4, -0.2) is 22.2 Å². The molecule has 0 atom stereocenters. The number of rotatable bonds is 2. The Morgan fingerprint density at radius 3 is 1.00 bits per heavy atom. The molecule has 0 heterocycles. The molecular weight excluding hydrogens is 263 g/mol. The van der Waals surface area contributed by atoms with Gasteiger partial charge >= 0.3 is 11.9 Å². The topological polar surface area (TPSA) is 74.6 Å². The molecule has 7 heteroatoms. The van der Waals surface area contributed by atoms with E-state index in [0.717, 1.165) is 0 Å². The molecule has 0 unspecified atom stereocenters. The summed E-state index contributed by atoms with van der Waals surface area (Å²) in [6.45, 7) is 5.84. The van der Waals surface area contributed by atoms with Crippen molar-refractivity contribution in [3.63, 3.8) is 0 Å². The van der Waals surface area contributed by atoms with Gasteiger partial charge in [0, 0.05) is 17.1 Å². The Kier molecular flexibility index (Phi) is 13.5. The van der Waals surface area contributed by atoms with Crippen LogP contribution in [0.3, 0.4) is 0 Å². The fraction of sp³-hybridized carbons (Fsp3) is 0. The molecule has 0 aliphatic carbocycles. The molecule has 0 aromatic rings. The van der Waals surface area contributed by atoms with E-state index in [1.807, 2.05) is 0 Å². The molecule has 0 bridgehead atoms. The Morgan fingerprint density at radius 1 is 0.923 bits per heavy atom. The summed E-state index contributed by atoms with van der Waals surface area (Å²) in [5.74, 6) is -2.34. The maximum Gasteiger partial charge on any atom is 0.346 e. The summed E-state index contributed by atoms with van der Waals surface area (Å²) in [6.07, 6.45) is 0. The van der Waals surface area contributed by atoms with Crippen molar-refractivity contribution >= 4 is 35.1 Å². The fourth-order valence-electron chi connectivity index (χ4n) is 0. The third-order valence-electron chi connectivity index (χ3n) is 0.464. The fourth-order valence-corrected chi connectivity index (χ4v) is 0. The maximum absolute atomic E-state index is 9.47. The van der Waals surface area contributed by atoms with Crippen LogP contribution in [0.25, 0.3) is 0 Å². The van der Waals surface area contributed by atoms with Gasteiger partial charge in [-0.25, -0.2) is 9.59 Å². The van der Waals surface area contributed by atoms with Crippen molar-refractivity contribution in [1.82, 2.24) is 0 Å². The summed E-state index contributed by atoms with van der Waals surface area (Å²) in [4.78, 5) is 18.9. The molecule has 0 amide bonds. The van der Waals surface area contributed by atoms with Gasteiger partial charge in [-0.1, -0.05) is 36.4 Å². The second-order valence-corrected chi connectivity index (χ2v) is 2.33. The van der Waals surface area contributed by atoms with Gasteiger partial charge in [-0.05, 0) is 0 Å². The summed E-state index contributed by atoms with van der Waals surface area (Å²) in [5, 5.41) is 14.8. The van der Waals surface area contributed by atoms with E-state index in [1.165, 1.54) is 0 Å². The molecule has 0 radical (unpaired) electrons. The predicted molar refractivity (Wildman–Crippen MR) is 45.3 cm³/mol. The van der Waals surface area contributed by atoms with Crippen LogP contribution < -0.4 is 0 Å². The minimum atomic E-state index is -1.17. The first-order chi connectivity index (χ1) is 5.29. The predicted octanol–water partition coefficient (Wildman–Crippen LogP) is 1.64. The third kappa shape index (κ3) is 18.5. The number of halogens is 2. The van der Waals surface area contributed by atoms with Crippen LogP contribution in [0.1, 0.15) is 0 Å². The van der Waals surface area contributed by atoms with Crippen molar-refractivity contribution in [3.8, 4) is 0 Å². The number of carboxylic acid groups (broad SMARTS) is 2. The monoisotopic (exact) mass is 268 g/mol. The van der Waals surface area contributed by atoms with Gasteiger partial charge in [0.05, 0.1) is 0 Å². The largest absolute Gasteiger partial charge is 0.477 e. The number of carboxylic acids is 2. The maximum atomic E-state index is 9.47. The van der Waals surface area contributed by atoms with Crippen LogP contribution in [0.5, 0.6) is 0 Å². The van der Waals surface area contributed by atoms with Crippen LogP contribution in [0.15, 0.2) is 23.2 Å². The van der Waals surface area contributed by atoms with E-state index < -0.39 is 11.9 Å². The summed E-state index contributed by atoms with van der Waals surface area (Å²) in [5.41, 5.74) is 0. The van der Waals surface area contributed by atoms with Crippen LogP contribution in [0.2, 0.25) is 0 Å². The van der Waals surface area contributed by atoms with Gasteiger partial charge in [-0.15, -0.1) is 0 Å². The summed E-state index contributed by atoms with van der Waals surface area (Å²) >= 11 is 9.64. The normalized spacial score (nSPS) is 6.92. The molecular formula is C6H6Cl2FeO4. The van der Waals surface area contributed by atoms with E-state index in [2.05, 4.69) is 13.2 Å². The minimum Gasteiger partial charge on any atom is -0.477 e. The average Bonchev–Trinajstić information content (AvgIpc) is 1.88. The first-order valence-corrected chi connectivity index (χ1v) is 3.20. The molecule has 0 aromatic heterocycles. The summed E-state index contributed by atoms with van der Waals surface area (Å²) in [6, 6.07) is 0. The smallest absolute Gasteiger partial charge is 0.346 e. The summed E-state index contributed by atoms with van der Waals surface area (Å²) < 4.78 is 0. The molecule has 0 aliphatic rings. The zero-order valence-corrected chi connectivity index (χ0v) is 8.85. The Balaban J connectivity index is -0.000000143. The Hall–Kier alpha value is -0.481. The van der Waals surface area contributed by atoms with Crippen LogP contribution in [0, 0.1) is 0 Å². The van der Waals surface area contributed by atoms with E-state index in [4.69, 9.17) is 33.4 Å². The van der Waals surface area contributed by atoms with Gasteiger partial charge in [0.15, 0.2) is 0 Å². The summed E-state index contributed by atoms with van der Waals surface area (Å²) in [7, 11) is 0. The molecule has 13 heavy (non-hydrogen) atoms. The molecule has 0 rings (SSSR count). The van der Waals surface area contributed by atoms with Crippen molar-refractivity contribution in [1.29, 1.82) is 0 Å². The SMILES string of the molecule is C=C(Cl)C(=O)O.C=C(Cl)C(=O)O.[Fe]. The van der Waals surface area contributed by atoms with Crippen LogP contribution >= 0.6 is 23.2 Å². The zero-order chi connectivity index (χ0) is 10.3. The standard InChI is InChI=1S/2C3H3ClO2.Fe/c2*1-2(4)3(5)6;/h2*1H2,(H,5,6);. The van der Waals surface area contributed by atoms with Gasteiger partial charge < -0.3 is 10.2 Å². The average molecular weight is 269 g/mol. The van der Waals surface area contributed by atoms with E-state index in [1.54, 1.807) is 0 Å². The Morgan fingerprint density at radius 2 is 1.00 bits per heavy atom. The van der Waals surface area contributed by atoms with Crippen molar-refractivity contribution in [3.05, 3.63) is 23.2 Å². The molecule has 0 spiro atoms. The van der Waals surface area contributed by atoms with Crippen LogP contribution in [0.4, 0.5) is 0 Å². The molecule has 0 saturated carbocycles. The zero-order valence-electron chi connectivity index (χ0n) is 6.23. The molecule has 0 saturated heterocycles. The van der Waals surface area contributed by atoms with Crippen LogP contribution in [-0.2, 0) is 26.7 Å². The molecule has 0 fully saturated rings.